The van der Waals surface area contributed by atoms with E-state index in [0.717, 1.165) is 0 Å². The molecule has 0 radical (unpaired) electrons. The fourth-order valence-corrected chi connectivity index (χ4v) is 6.13. The minimum atomic E-state index is -1.50. The molecule has 0 N–H and O–H groups in total. The summed E-state index contributed by atoms with van der Waals surface area (Å²) in [7, 11) is 0. The molecule has 0 unspecified atom stereocenters. The third-order valence-electron chi connectivity index (χ3n) is 6.43. The van der Waals surface area contributed by atoms with Gasteiger partial charge in [-0.2, -0.15) is 21.0 Å². The van der Waals surface area contributed by atoms with Crippen LogP contribution in [0.3, 0.4) is 0 Å². The molecule has 0 amide bonds. The summed E-state index contributed by atoms with van der Waals surface area (Å²) in [5.41, 5.74) is -3.31. The lowest BCUT2D eigenvalue weighted by molar-refractivity contribution is -0.0811. The monoisotopic (exact) mass is 292 g/mol. The SMILES string of the molecule is CC(C)(C)O[C@H]1C2[C@@H]3[C@@H]2[C@@H]2C1[C@@H]3C(C#N)(C#N)C2(C#N)C#N. The molecular formula is C17H16N4O. The first-order valence-electron chi connectivity index (χ1n) is 7.66. The minimum Gasteiger partial charge on any atom is -0.372 e. The van der Waals surface area contributed by atoms with Crippen molar-refractivity contribution in [1.29, 1.82) is 21.0 Å². The number of ether oxygens (including phenoxy) is 1. The van der Waals surface area contributed by atoms with Crippen molar-refractivity contribution in [2.75, 3.05) is 0 Å². The normalized spacial score (nSPS) is 47.1. The molecule has 22 heavy (non-hydrogen) atoms. The molecule has 0 aromatic carbocycles. The van der Waals surface area contributed by atoms with Gasteiger partial charge in [0.05, 0.1) is 36.0 Å². The number of nitrogens with zero attached hydrogens (tertiary/aromatic N) is 4. The smallest absolute Gasteiger partial charge is 0.179 e. The molecular weight excluding hydrogens is 276 g/mol. The van der Waals surface area contributed by atoms with Gasteiger partial charge in [-0.05, 0) is 44.4 Å². The van der Waals surface area contributed by atoms with Crippen molar-refractivity contribution in [3.05, 3.63) is 0 Å². The Morgan fingerprint density at radius 1 is 0.727 bits per heavy atom. The third kappa shape index (κ3) is 1.05. The fraction of sp³-hybridized carbons (Fsp3) is 0.765. The summed E-state index contributed by atoms with van der Waals surface area (Å²) >= 11 is 0. The molecule has 5 rings (SSSR count). The standard InChI is InChI=1S/C17H16N4O/c1-15(2,3)22-14-10-8-9(10)13-11(14)12(8)16(4-18,5-19)17(13,6-20)7-21/h8-14H,1-3H3/t8-,9-,10?,11?,12+,13+,14-/m0/s1. The Bertz CT molecular complexity index is 657. The number of nitriles is 4. The van der Waals surface area contributed by atoms with E-state index in [4.69, 9.17) is 4.74 Å². The molecule has 5 aliphatic rings. The van der Waals surface area contributed by atoms with Gasteiger partial charge in [-0.15, -0.1) is 0 Å². The van der Waals surface area contributed by atoms with Gasteiger partial charge < -0.3 is 4.74 Å². The average molecular weight is 292 g/mol. The van der Waals surface area contributed by atoms with Crippen LogP contribution in [0, 0.1) is 91.7 Å². The molecule has 5 atom stereocenters. The van der Waals surface area contributed by atoms with E-state index >= 15 is 0 Å². The Balaban J connectivity index is 1.85. The van der Waals surface area contributed by atoms with E-state index in [9.17, 15) is 21.0 Å². The summed E-state index contributed by atoms with van der Waals surface area (Å²) in [5.74, 6) is 0.526. The lowest BCUT2D eigenvalue weighted by Crippen LogP contribution is -2.44. The zero-order chi connectivity index (χ0) is 16.1. The van der Waals surface area contributed by atoms with E-state index in [1.807, 2.05) is 20.8 Å². The van der Waals surface area contributed by atoms with Crippen LogP contribution < -0.4 is 0 Å². The van der Waals surface area contributed by atoms with Crippen molar-refractivity contribution >= 4 is 0 Å². The third-order valence-corrected chi connectivity index (χ3v) is 6.43. The van der Waals surface area contributed by atoms with Crippen molar-refractivity contribution in [2.24, 2.45) is 46.3 Å². The highest BCUT2D eigenvalue weighted by molar-refractivity contribution is 5.51. The Labute approximate surface area is 129 Å². The molecule has 0 saturated heterocycles. The van der Waals surface area contributed by atoms with Gasteiger partial charge in [0.25, 0.3) is 0 Å². The molecule has 0 spiro atoms. The zero-order valence-electron chi connectivity index (χ0n) is 12.7. The summed E-state index contributed by atoms with van der Waals surface area (Å²) in [6, 6.07) is 8.35. The topological polar surface area (TPSA) is 104 Å². The van der Waals surface area contributed by atoms with Crippen molar-refractivity contribution in [1.82, 2.24) is 0 Å². The quantitative estimate of drug-likeness (QED) is 0.735. The maximum absolute atomic E-state index is 9.71. The summed E-state index contributed by atoms with van der Waals surface area (Å²) in [5, 5.41) is 38.8. The van der Waals surface area contributed by atoms with E-state index in [1.54, 1.807) is 0 Å². The van der Waals surface area contributed by atoms with Crippen LogP contribution in [0.15, 0.2) is 0 Å². The van der Waals surface area contributed by atoms with Crippen LogP contribution >= 0.6 is 0 Å². The number of hydrogen-bond donors (Lipinski definition) is 0. The molecule has 0 aliphatic heterocycles. The molecule has 0 heterocycles. The van der Waals surface area contributed by atoms with Gasteiger partial charge >= 0.3 is 0 Å². The van der Waals surface area contributed by atoms with Gasteiger partial charge in [0.1, 0.15) is 0 Å². The summed E-state index contributed by atoms with van der Waals surface area (Å²) in [4.78, 5) is 0. The molecule has 0 aromatic heterocycles. The summed E-state index contributed by atoms with van der Waals surface area (Å²) < 4.78 is 6.21. The van der Waals surface area contributed by atoms with Crippen LogP contribution in [0.5, 0.6) is 0 Å². The van der Waals surface area contributed by atoms with Crippen LogP contribution in [-0.4, -0.2) is 11.7 Å². The highest BCUT2D eigenvalue weighted by atomic mass is 16.5. The second-order valence-corrected chi connectivity index (χ2v) is 8.12. The molecule has 5 heteroatoms. The first-order valence-corrected chi connectivity index (χ1v) is 7.66. The largest absolute Gasteiger partial charge is 0.372 e. The van der Waals surface area contributed by atoms with Gasteiger partial charge in [0.2, 0.25) is 0 Å². The van der Waals surface area contributed by atoms with Crippen LogP contribution in [-0.2, 0) is 4.74 Å². The fourth-order valence-electron chi connectivity index (χ4n) is 6.13. The molecule has 5 saturated carbocycles. The Kier molecular flexibility index (Phi) is 2.13. The van der Waals surface area contributed by atoms with E-state index in [2.05, 4.69) is 24.3 Å². The maximum Gasteiger partial charge on any atom is 0.179 e. The van der Waals surface area contributed by atoms with Gasteiger partial charge in [-0.1, -0.05) is 0 Å². The van der Waals surface area contributed by atoms with Crippen molar-refractivity contribution in [3.8, 4) is 24.3 Å². The Morgan fingerprint density at radius 3 is 1.45 bits per heavy atom. The van der Waals surface area contributed by atoms with Crippen molar-refractivity contribution in [2.45, 2.75) is 32.5 Å². The molecule has 6 bridgehead atoms. The van der Waals surface area contributed by atoms with Gasteiger partial charge in [0, 0.05) is 11.8 Å². The first-order chi connectivity index (χ1) is 10.3. The van der Waals surface area contributed by atoms with Crippen LogP contribution in [0.2, 0.25) is 0 Å². The first kappa shape index (κ1) is 13.6. The molecule has 5 nitrogen and oxygen atoms in total. The lowest BCUT2D eigenvalue weighted by Gasteiger charge is -2.34. The van der Waals surface area contributed by atoms with Gasteiger partial charge in [0.15, 0.2) is 10.8 Å². The second kappa shape index (κ2) is 3.46. The molecule has 5 aliphatic carbocycles. The minimum absolute atomic E-state index is 0.00201. The molecule has 0 aromatic rings. The Hall–Kier alpha value is -2.08. The maximum atomic E-state index is 9.71. The zero-order valence-corrected chi connectivity index (χ0v) is 12.7. The van der Waals surface area contributed by atoms with Crippen LogP contribution in [0.25, 0.3) is 0 Å². The average Bonchev–Trinajstić information content (AvgIpc) is 2.72. The number of rotatable bonds is 1. The summed E-state index contributed by atoms with van der Waals surface area (Å²) in [6.45, 7) is 5.98. The van der Waals surface area contributed by atoms with Crippen molar-refractivity contribution in [3.63, 3.8) is 0 Å². The van der Waals surface area contributed by atoms with Crippen LogP contribution in [0.1, 0.15) is 20.8 Å². The predicted molar refractivity (Wildman–Crippen MR) is 72.9 cm³/mol. The van der Waals surface area contributed by atoms with E-state index < -0.39 is 10.8 Å². The van der Waals surface area contributed by atoms with E-state index in [0.29, 0.717) is 5.92 Å². The van der Waals surface area contributed by atoms with E-state index in [1.165, 1.54) is 0 Å². The second-order valence-electron chi connectivity index (χ2n) is 8.12. The highest BCUT2D eigenvalue weighted by Gasteiger charge is 2.93. The van der Waals surface area contributed by atoms with Gasteiger partial charge in [-0.25, -0.2) is 0 Å². The molecule has 110 valence electrons. The van der Waals surface area contributed by atoms with E-state index in [-0.39, 0.29) is 41.3 Å². The summed E-state index contributed by atoms with van der Waals surface area (Å²) in [6.07, 6.45) is -0.0188. The highest BCUT2D eigenvalue weighted by Crippen LogP contribution is 2.89. The van der Waals surface area contributed by atoms with Crippen LogP contribution in [0.4, 0.5) is 0 Å². The number of hydrogen-bond acceptors (Lipinski definition) is 5. The van der Waals surface area contributed by atoms with Gasteiger partial charge in [-0.3, -0.25) is 0 Å². The predicted octanol–water partition coefficient (Wildman–Crippen LogP) is 1.99. The lowest BCUT2D eigenvalue weighted by atomic mass is 9.58. The molecule has 5 fully saturated rings. The van der Waals surface area contributed by atoms with Crippen molar-refractivity contribution < 1.29 is 4.74 Å². The Morgan fingerprint density at radius 2 is 1.14 bits per heavy atom.